The maximum absolute atomic E-state index is 11.3. The van der Waals surface area contributed by atoms with E-state index in [1.165, 1.54) is 32.7 Å². The lowest BCUT2D eigenvalue weighted by atomic mass is 10.2. The number of unbranched alkanes of at least 4 members (excludes halogenated alkanes) is 5. The molecule has 0 aliphatic carbocycles. The summed E-state index contributed by atoms with van der Waals surface area (Å²) in [6.07, 6.45) is 27.9. The molecule has 0 aliphatic heterocycles. The molecule has 0 aromatic heterocycles. The van der Waals surface area contributed by atoms with E-state index in [0.29, 0.717) is 6.61 Å². The predicted molar refractivity (Wildman–Crippen MR) is 122 cm³/mol. The van der Waals surface area contributed by atoms with E-state index in [-0.39, 0.29) is 12.5 Å². The first kappa shape index (κ1) is 26.7. The number of nitrogens with one attached hydrogen (secondary N) is 2. The molecule has 0 aromatic carbocycles. The maximum atomic E-state index is 11.3. The van der Waals surface area contributed by atoms with Crippen molar-refractivity contribution < 1.29 is 14.3 Å². The number of hydrogen-bond donors (Lipinski definition) is 2. The number of carbonyl (C=O) groups excluding carboxylic acids is 2. The van der Waals surface area contributed by atoms with E-state index in [0.717, 1.165) is 38.5 Å². The third kappa shape index (κ3) is 21.9. The summed E-state index contributed by atoms with van der Waals surface area (Å²) in [7, 11) is 1.52. The molecule has 5 nitrogen and oxygen atoms in total. The molecule has 29 heavy (non-hydrogen) atoms. The van der Waals surface area contributed by atoms with Gasteiger partial charge in [-0.2, -0.15) is 0 Å². The molecule has 0 heterocycles. The van der Waals surface area contributed by atoms with E-state index in [2.05, 4.69) is 66.2 Å². The monoisotopic (exact) mass is 404 g/mol. The highest BCUT2D eigenvalue weighted by atomic mass is 16.5. The molecule has 0 bridgehead atoms. The van der Waals surface area contributed by atoms with Gasteiger partial charge in [0.2, 0.25) is 5.91 Å². The Balaban J connectivity index is 3.45. The summed E-state index contributed by atoms with van der Waals surface area (Å²) in [4.78, 5) is 22.3. The minimum atomic E-state index is -0.550. The number of rotatable bonds is 17. The van der Waals surface area contributed by atoms with E-state index < -0.39 is 6.09 Å². The summed E-state index contributed by atoms with van der Waals surface area (Å²) in [5, 5.41) is 4.81. The van der Waals surface area contributed by atoms with Gasteiger partial charge >= 0.3 is 6.09 Å². The van der Waals surface area contributed by atoms with Crippen molar-refractivity contribution in [1.29, 1.82) is 0 Å². The van der Waals surface area contributed by atoms with Gasteiger partial charge in [0.25, 0.3) is 0 Å². The second-order valence-corrected chi connectivity index (χ2v) is 6.75. The van der Waals surface area contributed by atoms with Gasteiger partial charge in [0.1, 0.15) is 0 Å². The first-order valence-corrected chi connectivity index (χ1v) is 10.9. The number of hydrogen-bond acceptors (Lipinski definition) is 3. The molecule has 0 saturated carbocycles. The van der Waals surface area contributed by atoms with E-state index in [9.17, 15) is 9.59 Å². The summed E-state index contributed by atoms with van der Waals surface area (Å²) in [6.45, 7) is 2.54. The Morgan fingerprint density at radius 3 is 1.79 bits per heavy atom. The van der Waals surface area contributed by atoms with Gasteiger partial charge in [-0.1, -0.05) is 68.4 Å². The lowest BCUT2D eigenvalue weighted by Crippen LogP contribution is -2.35. The summed E-state index contributed by atoms with van der Waals surface area (Å²) >= 11 is 0. The number of alkyl carbamates (subject to hydrolysis) is 1. The van der Waals surface area contributed by atoms with Gasteiger partial charge in [-0.15, -0.1) is 0 Å². The molecular formula is C24H40N2O3. The molecule has 0 aliphatic rings. The zero-order chi connectivity index (χ0) is 21.4. The lowest BCUT2D eigenvalue weighted by molar-refractivity contribution is -0.119. The number of allylic oxidation sites excluding steroid dienone is 8. The zero-order valence-electron chi connectivity index (χ0n) is 18.3. The minimum Gasteiger partial charge on any atom is -0.450 e. The molecule has 164 valence electrons. The van der Waals surface area contributed by atoms with Crippen LogP contribution in [0.25, 0.3) is 0 Å². The largest absolute Gasteiger partial charge is 0.450 e. The van der Waals surface area contributed by atoms with Crippen molar-refractivity contribution in [3.8, 4) is 0 Å². The van der Waals surface area contributed by atoms with Crippen molar-refractivity contribution in [3.63, 3.8) is 0 Å². The number of likely N-dealkylation sites (N-methyl/N-ethyl adjacent to an activating group) is 1. The molecule has 0 unspecified atom stereocenters. The first-order valence-electron chi connectivity index (χ1n) is 10.9. The van der Waals surface area contributed by atoms with Crippen molar-refractivity contribution in [2.75, 3.05) is 20.2 Å². The van der Waals surface area contributed by atoms with Gasteiger partial charge in [0.15, 0.2) is 0 Å². The van der Waals surface area contributed by atoms with Crippen LogP contribution >= 0.6 is 0 Å². The van der Waals surface area contributed by atoms with Crippen molar-refractivity contribution in [2.45, 2.75) is 71.1 Å². The van der Waals surface area contributed by atoms with Crippen LogP contribution in [0.5, 0.6) is 0 Å². The molecular weight excluding hydrogens is 364 g/mol. The molecule has 0 saturated heterocycles. The average molecular weight is 405 g/mol. The number of amides is 2. The van der Waals surface area contributed by atoms with Crippen LogP contribution in [0, 0.1) is 0 Å². The van der Waals surface area contributed by atoms with E-state index in [1.807, 2.05) is 0 Å². The third-order valence-electron chi connectivity index (χ3n) is 4.13. The molecule has 0 radical (unpaired) electrons. The van der Waals surface area contributed by atoms with Crippen molar-refractivity contribution >= 4 is 12.0 Å². The summed E-state index contributed by atoms with van der Waals surface area (Å²) in [6, 6.07) is 0. The van der Waals surface area contributed by atoms with Gasteiger partial charge in [0.05, 0.1) is 13.2 Å². The Hall–Kier alpha value is -2.30. The van der Waals surface area contributed by atoms with Crippen molar-refractivity contribution in [2.24, 2.45) is 0 Å². The van der Waals surface area contributed by atoms with Gasteiger partial charge in [0, 0.05) is 7.05 Å². The predicted octanol–water partition coefficient (Wildman–Crippen LogP) is 5.60. The van der Waals surface area contributed by atoms with Gasteiger partial charge in [-0.25, -0.2) is 4.79 Å². The lowest BCUT2D eigenvalue weighted by Gasteiger charge is -2.05. The minimum absolute atomic E-state index is 0.0580. The zero-order valence-corrected chi connectivity index (χ0v) is 18.3. The highest BCUT2D eigenvalue weighted by molar-refractivity contribution is 5.81. The fraction of sp³-hybridized carbons (Fsp3) is 0.583. The standard InChI is InChI=1S/C24H40N2O3/c1-3-4-5-6-7-8-9-10-11-12-13-14-15-16-17-18-19-20-21-29-24(28)26-22-23(27)25-2/h7-8,10-11,13-14,16-17H,3-6,9,12,15,18-22H2,1-2H3,(H,25,27)(H,26,28)/b8-7-,11-10-,14-13-,17-16-. The topological polar surface area (TPSA) is 67.4 Å². The molecule has 0 fully saturated rings. The van der Waals surface area contributed by atoms with Crippen LogP contribution in [0.4, 0.5) is 4.79 Å². The molecule has 0 aromatic rings. The number of carbonyl (C=O) groups is 2. The second-order valence-electron chi connectivity index (χ2n) is 6.75. The van der Waals surface area contributed by atoms with Gasteiger partial charge in [-0.05, 0) is 51.4 Å². The van der Waals surface area contributed by atoms with Crippen LogP contribution in [-0.2, 0) is 9.53 Å². The van der Waals surface area contributed by atoms with Crippen LogP contribution in [0.15, 0.2) is 48.6 Å². The smallest absolute Gasteiger partial charge is 0.407 e. The highest BCUT2D eigenvalue weighted by Gasteiger charge is 2.03. The summed E-state index contributed by atoms with van der Waals surface area (Å²) < 4.78 is 4.99. The maximum Gasteiger partial charge on any atom is 0.407 e. The van der Waals surface area contributed by atoms with Crippen LogP contribution in [0.1, 0.15) is 71.1 Å². The fourth-order valence-electron chi connectivity index (χ4n) is 2.38. The van der Waals surface area contributed by atoms with Crippen LogP contribution in [-0.4, -0.2) is 32.2 Å². The normalized spacial score (nSPS) is 11.8. The first-order chi connectivity index (χ1) is 14.2. The molecule has 0 spiro atoms. The third-order valence-corrected chi connectivity index (χ3v) is 4.13. The Morgan fingerprint density at radius 1 is 0.759 bits per heavy atom. The highest BCUT2D eigenvalue weighted by Crippen LogP contribution is 2.01. The van der Waals surface area contributed by atoms with Crippen LogP contribution in [0.2, 0.25) is 0 Å². The van der Waals surface area contributed by atoms with Crippen molar-refractivity contribution in [1.82, 2.24) is 10.6 Å². The Kier molecular flexibility index (Phi) is 20.2. The summed E-state index contributed by atoms with van der Waals surface area (Å²) in [5.41, 5.74) is 0. The molecule has 5 heteroatoms. The Morgan fingerprint density at radius 2 is 1.28 bits per heavy atom. The van der Waals surface area contributed by atoms with E-state index in [4.69, 9.17) is 4.74 Å². The van der Waals surface area contributed by atoms with Crippen LogP contribution in [0.3, 0.4) is 0 Å². The van der Waals surface area contributed by atoms with Gasteiger partial charge < -0.3 is 15.4 Å². The summed E-state index contributed by atoms with van der Waals surface area (Å²) in [5.74, 6) is -0.248. The van der Waals surface area contributed by atoms with Crippen molar-refractivity contribution in [3.05, 3.63) is 48.6 Å². The molecule has 2 N–H and O–H groups in total. The molecule has 0 rings (SSSR count). The van der Waals surface area contributed by atoms with E-state index >= 15 is 0 Å². The molecule has 0 atom stereocenters. The SMILES string of the molecule is CCCCC/C=C\C/C=C\C/C=C\C/C=C\CCCCOC(=O)NCC(=O)NC. The fourth-order valence-corrected chi connectivity index (χ4v) is 2.38. The van der Waals surface area contributed by atoms with Gasteiger partial charge in [-0.3, -0.25) is 4.79 Å². The Bertz CT molecular complexity index is 522. The quantitative estimate of drug-likeness (QED) is 0.245. The average Bonchev–Trinajstić information content (AvgIpc) is 2.73. The number of ether oxygens (including phenoxy) is 1. The molecule has 2 amide bonds. The Labute approximate surface area is 177 Å². The van der Waals surface area contributed by atoms with Crippen LogP contribution < -0.4 is 10.6 Å². The second kappa shape index (κ2) is 22.0. The van der Waals surface area contributed by atoms with E-state index in [1.54, 1.807) is 0 Å².